The van der Waals surface area contributed by atoms with Gasteiger partial charge in [0.05, 0.1) is 15.5 Å². The van der Waals surface area contributed by atoms with Gasteiger partial charge in [0.15, 0.2) is 0 Å². The van der Waals surface area contributed by atoms with Crippen molar-refractivity contribution in [3.05, 3.63) is 50.6 Å². The van der Waals surface area contributed by atoms with Gasteiger partial charge in [0, 0.05) is 47.5 Å². The number of H-pyrrole nitrogens is 1. The summed E-state index contributed by atoms with van der Waals surface area (Å²) in [5.74, 6) is 0.362. The minimum Gasteiger partial charge on any atom is -0.357 e. The Bertz CT molecular complexity index is 928. The number of carbonyl (C=O) groups excluding carboxylic acids is 1. The largest absolute Gasteiger partial charge is 0.357 e. The van der Waals surface area contributed by atoms with Gasteiger partial charge in [0.1, 0.15) is 5.69 Å². The van der Waals surface area contributed by atoms with Gasteiger partial charge in [-0.3, -0.25) is 4.79 Å². The maximum absolute atomic E-state index is 12.8. The van der Waals surface area contributed by atoms with Crippen molar-refractivity contribution in [3.8, 4) is 0 Å². The molecule has 0 atom stereocenters. The third-order valence-electron chi connectivity index (χ3n) is 4.48. The molecule has 1 aliphatic rings. The first kappa shape index (κ1) is 15.7. The first-order valence-electron chi connectivity index (χ1n) is 8.07. The molecule has 4 rings (SSSR count). The molecule has 0 saturated carbocycles. The van der Waals surface area contributed by atoms with Crippen LogP contribution in [0.15, 0.2) is 23.6 Å². The fraction of sp³-hybridized carbons (Fsp3) is 0.333. The highest BCUT2D eigenvalue weighted by molar-refractivity contribution is 7.09. The van der Waals surface area contributed by atoms with E-state index in [1.807, 2.05) is 22.4 Å². The van der Waals surface area contributed by atoms with Gasteiger partial charge in [-0.2, -0.15) is 0 Å². The molecule has 24 heavy (non-hydrogen) atoms. The molecule has 1 N–H and O–H groups in total. The van der Waals surface area contributed by atoms with Gasteiger partial charge in [0.2, 0.25) is 0 Å². The molecule has 6 heteroatoms. The van der Waals surface area contributed by atoms with Crippen LogP contribution in [-0.4, -0.2) is 27.3 Å². The van der Waals surface area contributed by atoms with Crippen LogP contribution in [0.1, 0.15) is 46.5 Å². The number of benzene rings is 1. The minimum atomic E-state index is 0.0141. The van der Waals surface area contributed by atoms with Gasteiger partial charge < -0.3 is 9.88 Å². The third kappa shape index (κ3) is 2.52. The second-order valence-corrected chi connectivity index (χ2v) is 7.74. The number of thiazole rings is 1. The van der Waals surface area contributed by atoms with Gasteiger partial charge in [-0.1, -0.05) is 37.6 Å². The predicted molar refractivity (Wildman–Crippen MR) is 98.0 cm³/mol. The molecule has 1 aliphatic heterocycles. The Morgan fingerprint density at radius 3 is 3.00 bits per heavy atom. The zero-order valence-corrected chi connectivity index (χ0v) is 15.2. The Kier molecular flexibility index (Phi) is 3.85. The van der Waals surface area contributed by atoms with Crippen molar-refractivity contribution in [1.82, 2.24) is 14.9 Å². The second-order valence-electron chi connectivity index (χ2n) is 6.45. The molecule has 1 amide bonds. The van der Waals surface area contributed by atoms with Crippen LogP contribution in [0.25, 0.3) is 10.9 Å². The number of aromatic amines is 1. The highest BCUT2D eigenvalue weighted by atomic mass is 35.5. The molecule has 0 fully saturated rings. The molecule has 0 spiro atoms. The molecule has 0 aliphatic carbocycles. The first-order chi connectivity index (χ1) is 11.5. The number of halogens is 1. The molecule has 3 aromatic rings. The number of para-hydroxylation sites is 1. The summed E-state index contributed by atoms with van der Waals surface area (Å²) in [7, 11) is 0. The van der Waals surface area contributed by atoms with Gasteiger partial charge >= 0.3 is 0 Å². The van der Waals surface area contributed by atoms with Gasteiger partial charge in [-0.15, -0.1) is 11.3 Å². The summed E-state index contributed by atoms with van der Waals surface area (Å²) in [6, 6.07) is 5.90. The standard InChI is InChI=1S/C18H18ClN3OS/c1-10(2)17-21-15(9-24-17)18(23)22-7-6-14-12(8-22)11-4-3-5-13(19)16(11)20-14/h3-5,9-10,20H,6-8H2,1-2H3. The lowest BCUT2D eigenvalue weighted by atomic mass is 10.0. The molecule has 0 saturated heterocycles. The smallest absolute Gasteiger partial charge is 0.273 e. The van der Waals surface area contributed by atoms with E-state index in [1.165, 1.54) is 11.3 Å². The highest BCUT2D eigenvalue weighted by Gasteiger charge is 2.26. The number of amides is 1. The molecule has 0 radical (unpaired) electrons. The van der Waals surface area contributed by atoms with Crippen LogP contribution in [0.2, 0.25) is 5.02 Å². The first-order valence-corrected chi connectivity index (χ1v) is 9.33. The number of nitrogens with zero attached hydrogens (tertiary/aromatic N) is 2. The van der Waals surface area contributed by atoms with Crippen LogP contribution in [0.3, 0.4) is 0 Å². The maximum atomic E-state index is 12.8. The Hall–Kier alpha value is -1.85. The van der Waals surface area contributed by atoms with E-state index in [2.05, 4.69) is 29.9 Å². The van der Waals surface area contributed by atoms with E-state index < -0.39 is 0 Å². The zero-order chi connectivity index (χ0) is 16.8. The summed E-state index contributed by atoms with van der Waals surface area (Å²) >= 11 is 7.84. The summed E-state index contributed by atoms with van der Waals surface area (Å²) in [6.45, 7) is 5.49. The quantitative estimate of drug-likeness (QED) is 0.726. The van der Waals surface area contributed by atoms with E-state index in [0.29, 0.717) is 24.7 Å². The second kappa shape index (κ2) is 5.90. The fourth-order valence-electron chi connectivity index (χ4n) is 3.19. The number of aromatic nitrogens is 2. The van der Waals surface area contributed by atoms with Crippen LogP contribution in [-0.2, 0) is 13.0 Å². The molecule has 2 aromatic heterocycles. The summed E-state index contributed by atoms with van der Waals surface area (Å²) in [5, 5.41) is 4.71. The average Bonchev–Trinajstić information content (AvgIpc) is 3.19. The van der Waals surface area contributed by atoms with Crippen molar-refractivity contribution < 1.29 is 4.79 Å². The van der Waals surface area contributed by atoms with Crippen molar-refractivity contribution in [3.63, 3.8) is 0 Å². The van der Waals surface area contributed by atoms with Crippen molar-refractivity contribution in [2.45, 2.75) is 32.7 Å². The topological polar surface area (TPSA) is 49.0 Å². The summed E-state index contributed by atoms with van der Waals surface area (Å²) in [5.41, 5.74) is 3.88. The normalized spacial score (nSPS) is 14.4. The minimum absolute atomic E-state index is 0.0141. The number of hydrogen-bond donors (Lipinski definition) is 1. The summed E-state index contributed by atoms with van der Waals surface area (Å²) in [4.78, 5) is 22.6. The van der Waals surface area contributed by atoms with Crippen LogP contribution in [0.5, 0.6) is 0 Å². The maximum Gasteiger partial charge on any atom is 0.273 e. The Labute approximate surface area is 149 Å². The molecule has 0 bridgehead atoms. The molecular formula is C18H18ClN3OS. The van der Waals surface area contributed by atoms with Crippen molar-refractivity contribution in [2.75, 3.05) is 6.54 Å². The lowest BCUT2D eigenvalue weighted by Gasteiger charge is -2.26. The van der Waals surface area contributed by atoms with E-state index in [4.69, 9.17) is 11.6 Å². The average molecular weight is 360 g/mol. The number of hydrogen-bond acceptors (Lipinski definition) is 3. The SMILES string of the molecule is CC(C)c1nc(C(=O)N2CCc3[nH]c4c(Cl)cccc4c3C2)cs1. The van der Waals surface area contributed by atoms with E-state index in [-0.39, 0.29) is 5.91 Å². The van der Waals surface area contributed by atoms with Gasteiger partial charge in [-0.25, -0.2) is 4.98 Å². The lowest BCUT2D eigenvalue weighted by Crippen LogP contribution is -2.36. The molecule has 1 aromatic carbocycles. The number of fused-ring (bicyclic) bond motifs is 3. The van der Waals surface area contributed by atoms with E-state index in [1.54, 1.807) is 11.3 Å². The van der Waals surface area contributed by atoms with Gasteiger partial charge in [-0.05, 0) is 6.07 Å². The van der Waals surface area contributed by atoms with Crippen LogP contribution >= 0.6 is 22.9 Å². The van der Waals surface area contributed by atoms with Crippen molar-refractivity contribution in [1.29, 1.82) is 0 Å². The van der Waals surface area contributed by atoms with Gasteiger partial charge in [0.25, 0.3) is 5.91 Å². The molecule has 4 nitrogen and oxygen atoms in total. The lowest BCUT2D eigenvalue weighted by molar-refractivity contribution is 0.0729. The summed E-state index contributed by atoms with van der Waals surface area (Å²) in [6.07, 6.45) is 0.813. The fourth-order valence-corrected chi connectivity index (χ4v) is 4.22. The van der Waals surface area contributed by atoms with E-state index >= 15 is 0 Å². The Balaban J connectivity index is 1.64. The van der Waals surface area contributed by atoms with E-state index in [0.717, 1.165) is 27.4 Å². The zero-order valence-electron chi connectivity index (χ0n) is 13.6. The monoisotopic (exact) mass is 359 g/mol. The molecular weight excluding hydrogens is 342 g/mol. The van der Waals surface area contributed by atoms with Crippen LogP contribution < -0.4 is 0 Å². The molecule has 0 unspecified atom stereocenters. The van der Waals surface area contributed by atoms with Crippen LogP contribution in [0.4, 0.5) is 0 Å². The van der Waals surface area contributed by atoms with E-state index in [9.17, 15) is 4.79 Å². The van der Waals surface area contributed by atoms with Crippen LogP contribution in [0, 0.1) is 0 Å². The third-order valence-corrected chi connectivity index (χ3v) is 5.94. The predicted octanol–water partition coefficient (Wildman–Crippen LogP) is 4.60. The Morgan fingerprint density at radius 1 is 1.42 bits per heavy atom. The van der Waals surface area contributed by atoms with Crippen molar-refractivity contribution in [2.24, 2.45) is 0 Å². The summed E-state index contributed by atoms with van der Waals surface area (Å²) < 4.78 is 0. The number of nitrogens with one attached hydrogen (secondary N) is 1. The highest BCUT2D eigenvalue weighted by Crippen LogP contribution is 2.32. The van der Waals surface area contributed by atoms with Crippen molar-refractivity contribution >= 4 is 39.7 Å². The number of carbonyl (C=O) groups is 1. The molecule has 124 valence electrons. The molecule has 3 heterocycles. The number of rotatable bonds is 2. The Morgan fingerprint density at radius 2 is 2.25 bits per heavy atom.